The van der Waals surface area contributed by atoms with E-state index < -0.39 is 0 Å². The Hall–Kier alpha value is -2.77. The van der Waals surface area contributed by atoms with Crippen LogP contribution in [0, 0.1) is 0 Å². The molecule has 3 rings (SSSR count). The van der Waals surface area contributed by atoms with Crippen LogP contribution < -0.4 is 16.0 Å². The van der Waals surface area contributed by atoms with Crippen molar-refractivity contribution in [2.45, 2.75) is 13.3 Å². The molecule has 142 valence electrons. The molecule has 5 nitrogen and oxygen atoms in total. The number of rotatable bonds is 4. The van der Waals surface area contributed by atoms with Crippen molar-refractivity contribution in [3.63, 3.8) is 0 Å². The highest BCUT2D eigenvalue weighted by Gasteiger charge is 2.12. The second-order valence-electron chi connectivity index (χ2n) is 6.03. The third-order valence-electron chi connectivity index (χ3n) is 4.09. The van der Waals surface area contributed by atoms with E-state index in [4.69, 9.17) is 12.2 Å². The second-order valence-corrected chi connectivity index (χ2v) is 7.29. The van der Waals surface area contributed by atoms with Crippen LogP contribution in [-0.4, -0.2) is 16.9 Å². The summed E-state index contributed by atoms with van der Waals surface area (Å²) in [6.45, 7) is 1.79. The van der Waals surface area contributed by atoms with Gasteiger partial charge in [-0.15, -0.1) is 0 Å². The van der Waals surface area contributed by atoms with Crippen molar-refractivity contribution in [1.29, 1.82) is 0 Å². The molecule has 2 amide bonds. The van der Waals surface area contributed by atoms with Crippen molar-refractivity contribution in [3.05, 3.63) is 70.7 Å². The molecule has 0 aliphatic carbocycles. The van der Waals surface area contributed by atoms with Crippen LogP contribution in [0.4, 0.5) is 11.4 Å². The van der Waals surface area contributed by atoms with Gasteiger partial charge in [0.1, 0.15) is 0 Å². The molecule has 0 unspecified atom stereocenters. The summed E-state index contributed by atoms with van der Waals surface area (Å²) in [5.74, 6) is -0.335. The number of hydrogen-bond acceptors (Lipinski definition) is 3. The van der Waals surface area contributed by atoms with Crippen LogP contribution in [0.3, 0.4) is 0 Å². The van der Waals surface area contributed by atoms with Gasteiger partial charge in [-0.2, -0.15) is 0 Å². The zero-order chi connectivity index (χ0) is 20.1. The highest BCUT2D eigenvalue weighted by atomic mass is 79.9. The number of anilines is 2. The molecule has 0 radical (unpaired) electrons. The molecule has 0 aromatic heterocycles. The predicted octanol–water partition coefficient (Wildman–Crippen LogP) is 5.08. The number of carbonyl (C=O) groups is 2. The van der Waals surface area contributed by atoms with Gasteiger partial charge in [-0.1, -0.05) is 47.1 Å². The minimum atomic E-state index is -0.284. The topological polar surface area (TPSA) is 70.2 Å². The smallest absolute Gasteiger partial charge is 0.258 e. The summed E-state index contributed by atoms with van der Waals surface area (Å²) in [5.41, 5.74) is 1.95. The summed E-state index contributed by atoms with van der Waals surface area (Å²) in [6, 6.07) is 18.4. The van der Waals surface area contributed by atoms with Crippen LogP contribution in [-0.2, 0) is 4.79 Å². The molecule has 28 heavy (non-hydrogen) atoms. The Morgan fingerprint density at radius 1 is 0.893 bits per heavy atom. The quantitative estimate of drug-likeness (QED) is 0.479. The zero-order valence-corrected chi connectivity index (χ0v) is 17.5. The molecule has 0 saturated carbocycles. The fraction of sp³-hybridized carbons (Fsp3) is 0.0952. The zero-order valence-electron chi connectivity index (χ0n) is 15.1. The molecule has 0 saturated heterocycles. The normalized spacial score (nSPS) is 10.4. The number of amides is 2. The van der Waals surface area contributed by atoms with Crippen molar-refractivity contribution in [3.8, 4) is 0 Å². The molecular formula is C21H18BrN3O2S. The monoisotopic (exact) mass is 455 g/mol. The predicted molar refractivity (Wildman–Crippen MR) is 121 cm³/mol. The van der Waals surface area contributed by atoms with Gasteiger partial charge in [0.25, 0.3) is 5.91 Å². The van der Waals surface area contributed by atoms with E-state index in [0.717, 1.165) is 15.2 Å². The standard InChI is InChI=1S/C21H18BrN3O2S/c1-2-19(26)23-13-9-11-14(12-10-13)24-21(28)25-20(27)17-7-3-6-16-15(17)5-4-8-18(16)22/h3-12H,2H2,1H3,(H,23,26)(H2,24,25,27,28). The number of carbonyl (C=O) groups excluding carboxylic acids is 2. The van der Waals surface area contributed by atoms with E-state index in [1.54, 1.807) is 37.3 Å². The lowest BCUT2D eigenvalue weighted by Gasteiger charge is -2.12. The van der Waals surface area contributed by atoms with Gasteiger partial charge in [-0.3, -0.25) is 14.9 Å². The first-order valence-electron chi connectivity index (χ1n) is 8.67. The molecule has 0 heterocycles. The maximum Gasteiger partial charge on any atom is 0.258 e. The van der Waals surface area contributed by atoms with E-state index in [2.05, 4.69) is 31.9 Å². The molecule has 0 spiro atoms. The minimum absolute atomic E-state index is 0.0507. The molecule has 0 fully saturated rings. The van der Waals surface area contributed by atoms with E-state index in [0.29, 0.717) is 23.4 Å². The highest BCUT2D eigenvalue weighted by molar-refractivity contribution is 9.10. The third-order valence-corrected chi connectivity index (χ3v) is 4.98. The molecule has 0 aliphatic heterocycles. The van der Waals surface area contributed by atoms with Gasteiger partial charge in [-0.05, 0) is 59.4 Å². The lowest BCUT2D eigenvalue weighted by Crippen LogP contribution is -2.34. The van der Waals surface area contributed by atoms with Crippen LogP contribution in [0.15, 0.2) is 65.1 Å². The van der Waals surface area contributed by atoms with E-state index in [9.17, 15) is 9.59 Å². The van der Waals surface area contributed by atoms with Crippen molar-refractivity contribution < 1.29 is 9.59 Å². The van der Waals surface area contributed by atoms with Crippen molar-refractivity contribution in [2.24, 2.45) is 0 Å². The first-order chi connectivity index (χ1) is 13.5. The maximum atomic E-state index is 12.7. The Labute approximate surface area is 176 Å². The Morgan fingerprint density at radius 3 is 2.18 bits per heavy atom. The summed E-state index contributed by atoms with van der Waals surface area (Å²) in [6.07, 6.45) is 0.418. The van der Waals surface area contributed by atoms with Gasteiger partial charge in [0.05, 0.1) is 0 Å². The van der Waals surface area contributed by atoms with Crippen LogP contribution in [0.1, 0.15) is 23.7 Å². The lowest BCUT2D eigenvalue weighted by molar-refractivity contribution is -0.115. The summed E-state index contributed by atoms with van der Waals surface area (Å²) in [7, 11) is 0. The van der Waals surface area contributed by atoms with Gasteiger partial charge in [0, 0.05) is 27.8 Å². The number of halogens is 1. The maximum absolute atomic E-state index is 12.7. The molecule has 3 N–H and O–H groups in total. The molecular weight excluding hydrogens is 438 g/mol. The van der Waals surface area contributed by atoms with Gasteiger partial charge in [-0.25, -0.2) is 0 Å². The summed E-state index contributed by atoms with van der Waals surface area (Å²) < 4.78 is 0.926. The van der Waals surface area contributed by atoms with Crippen LogP contribution in [0.2, 0.25) is 0 Å². The SMILES string of the molecule is CCC(=O)Nc1ccc(NC(=S)NC(=O)c2cccc3c(Br)cccc23)cc1. The average molecular weight is 456 g/mol. The molecule has 3 aromatic rings. The van der Waals surface area contributed by atoms with Crippen molar-refractivity contribution in [1.82, 2.24) is 5.32 Å². The Morgan fingerprint density at radius 2 is 1.50 bits per heavy atom. The van der Waals surface area contributed by atoms with E-state index in [-0.39, 0.29) is 16.9 Å². The molecule has 0 bridgehead atoms. The van der Waals surface area contributed by atoms with Crippen LogP contribution >= 0.6 is 28.1 Å². The first-order valence-corrected chi connectivity index (χ1v) is 9.87. The van der Waals surface area contributed by atoms with Gasteiger partial charge < -0.3 is 10.6 Å². The second kappa shape index (κ2) is 8.95. The summed E-state index contributed by atoms with van der Waals surface area (Å²) in [4.78, 5) is 24.1. The van der Waals surface area contributed by atoms with Crippen LogP contribution in [0.5, 0.6) is 0 Å². The molecule has 3 aromatic carbocycles. The van der Waals surface area contributed by atoms with Crippen molar-refractivity contribution >= 4 is 67.2 Å². The Balaban J connectivity index is 1.68. The van der Waals surface area contributed by atoms with Crippen LogP contribution in [0.25, 0.3) is 10.8 Å². The van der Waals surface area contributed by atoms with E-state index >= 15 is 0 Å². The number of thiocarbonyl (C=S) groups is 1. The minimum Gasteiger partial charge on any atom is -0.332 e. The average Bonchev–Trinajstić information content (AvgIpc) is 2.69. The number of hydrogen-bond donors (Lipinski definition) is 3. The number of benzene rings is 3. The van der Waals surface area contributed by atoms with Crippen molar-refractivity contribution in [2.75, 3.05) is 10.6 Å². The third kappa shape index (κ3) is 4.74. The summed E-state index contributed by atoms with van der Waals surface area (Å²) >= 11 is 8.76. The molecule has 7 heteroatoms. The van der Waals surface area contributed by atoms with E-state index in [1.165, 1.54) is 0 Å². The highest BCUT2D eigenvalue weighted by Crippen LogP contribution is 2.26. The number of nitrogens with one attached hydrogen (secondary N) is 3. The van der Waals surface area contributed by atoms with Gasteiger partial charge >= 0.3 is 0 Å². The fourth-order valence-corrected chi connectivity index (χ4v) is 3.40. The Bertz CT molecular complexity index is 1050. The molecule has 0 aliphatic rings. The van der Waals surface area contributed by atoms with E-state index in [1.807, 2.05) is 30.3 Å². The summed E-state index contributed by atoms with van der Waals surface area (Å²) in [5, 5.41) is 10.5. The first kappa shape index (κ1) is 20.0. The Kier molecular flexibility index (Phi) is 6.38. The van der Waals surface area contributed by atoms with Gasteiger partial charge in [0.2, 0.25) is 5.91 Å². The number of fused-ring (bicyclic) bond motifs is 1. The molecule has 0 atom stereocenters. The van der Waals surface area contributed by atoms with Gasteiger partial charge in [0.15, 0.2) is 5.11 Å². The largest absolute Gasteiger partial charge is 0.332 e. The fourth-order valence-electron chi connectivity index (χ4n) is 2.69. The lowest BCUT2D eigenvalue weighted by atomic mass is 10.0.